The molecule has 0 saturated carbocycles. The minimum absolute atomic E-state index is 0.647. The van der Waals surface area contributed by atoms with Crippen molar-refractivity contribution in [3.8, 4) is 6.07 Å². The zero-order valence-electron chi connectivity index (χ0n) is 6.92. The van der Waals surface area contributed by atoms with E-state index in [1.807, 2.05) is 0 Å². The van der Waals surface area contributed by atoms with Crippen LogP contribution in [-0.2, 0) is 0 Å². The van der Waals surface area contributed by atoms with E-state index in [1.165, 1.54) is 12.8 Å². The van der Waals surface area contributed by atoms with Crippen LogP contribution >= 0.6 is 0 Å². The van der Waals surface area contributed by atoms with E-state index in [2.05, 4.69) is 17.9 Å². The standard InChI is InChI=1S/C9H15N2/c1-9-3-7-11(8-4-9)6-2-5-10/h9H,1-4,6-8H2. The third-order valence-electron chi connectivity index (χ3n) is 2.25. The first-order chi connectivity index (χ1) is 5.33. The van der Waals surface area contributed by atoms with E-state index in [4.69, 9.17) is 5.26 Å². The maximum Gasteiger partial charge on any atom is 0.0635 e. The largest absolute Gasteiger partial charge is 0.302 e. The van der Waals surface area contributed by atoms with Crippen molar-refractivity contribution in [3.63, 3.8) is 0 Å². The number of hydrogen-bond acceptors (Lipinski definition) is 2. The topological polar surface area (TPSA) is 27.0 Å². The van der Waals surface area contributed by atoms with Crippen molar-refractivity contribution >= 4 is 0 Å². The summed E-state index contributed by atoms with van der Waals surface area (Å²) in [7, 11) is 0. The van der Waals surface area contributed by atoms with E-state index in [-0.39, 0.29) is 0 Å². The minimum atomic E-state index is 0.647. The molecule has 1 aliphatic rings. The van der Waals surface area contributed by atoms with Crippen LogP contribution in [0.5, 0.6) is 0 Å². The molecule has 1 saturated heterocycles. The number of nitriles is 1. The molecule has 61 valence electrons. The molecular formula is C9H15N2. The number of hydrogen-bond donors (Lipinski definition) is 0. The summed E-state index contributed by atoms with van der Waals surface area (Å²) in [5.41, 5.74) is 0. The van der Waals surface area contributed by atoms with Crippen LogP contribution in [0, 0.1) is 24.2 Å². The van der Waals surface area contributed by atoms with Gasteiger partial charge in [-0.25, -0.2) is 0 Å². The Hall–Kier alpha value is -0.550. The molecule has 1 fully saturated rings. The molecule has 0 bridgehead atoms. The molecule has 1 heterocycles. The van der Waals surface area contributed by atoms with Crippen LogP contribution in [0.2, 0.25) is 0 Å². The van der Waals surface area contributed by atoms with Gasteiger partial charge in [-0.2, -0.15) is 5.26 Å². The maximum atomic E-state index is 8.36. The Labute approximate surface area is 68.8 Å². The van der Waals surface area contributed by atoms with Gasteiger partial charge in [-0.1, -0.05) is 6.92 Å². The van der Waals surface area contributed by atoms with E-state index in [0.29, 0.717) is 12.3 Å². The van der Waals surface area contributed by atoms with Crippen LogP contribution in [0.25, 0.3) is 0 Å². The fourth-order valence-electron chi connectivity index (χ4n) is 1.42. The lowest BCUT2D eigenvalue weighted by Gasteiger charge is -2.29. The lowest BCUT2D eigenvalue weighted by molar-refractivity contribution is 0.206. The van der Waals surface area contributed by atoms with Crippen molar-refractivity contribution in [1.82, 2.24) is 4.90 Å². The number of rotatable bonds is 2. The summed E-state index contributed by atoms with van der Waals surface area (Å²) >= 11 is 0. The van der Waals surface area contributed by atoms with Crippen LogP contribution in [0.3, 0.4) is 0 Å². The fourth-order valence-corrected chi connectivity index (χ4v) is 1.42. The van der Waals surface area contributed by atoms with Crippen LogP contribution < -0.4 is 0 Å². The predicted molar refractivity (Wildman–Crippen MR) is 44.8 cm³/mol. The maximum absolute atomic E-state index is 8.36. The Kier molecular flexibility index (Phi) is 3.38. The highest BCUT2D eigenvalue weighted by atomic mass is 15.1. The van der Waals surface area contributed by atoms with Crippen molar-refractivity contribution < 1.29 is 0 Å². The van der Waals surface area contributed by atoms with Gasteiger partial charge in [-0.3, -0.25) is 0 Å². The molecule has 0 atom stereocenters. The van der Waals surface area contributed by atoms with Crippen LogP contribution in [0.1, 0.15) is 19.3 Å². The van der Waals surface area contributed by atoms with Crippen molar-refractivity contribution in [2.24, 2.45) is 5.92 Å². The second kappa shape index (κ2) is 4.35. The van der Waals surface area contributed by atoms with Gasteiger partial charge in [0.05, 0.1) is 6.07 Å². The first kappa shape index (κ1) is 8.55. The van der Waals surface area contributed by atoms with Crippen molar-refractivity contribution in [3.05, 3.63) is 6.92 Å². The Balaban J connectivity index is 2.13. The molecule has 0 aromatic rings. The molecule has 0 unspecified atom stereocenters. The molecule has 0 spiro atoms. The summed E-state index contributed by atoms with van der Waals surface area (Å²) in [5, 5.41) is 8.36. The minimum Gasteiger partial charge on any atom is -0.302 e. The van der Waals surface area contributed by atoms with E-state index in [1.54, 1.807) is 0 Å². The van der Waals surface area contributed by atoms with Gasteiger partial charge in [0.15, 0.2) is 0 Å². The smallest absolute Gasteiger partial charge is 0.0635 e. The highest BCUT2D eigenvalue weighted by Gasteiger charge is 2.14. The van der Waals surface area contributed by atoms with Crippen molar-refractivity contribution in [2.75, 3.05) is 19.6 Å². The average Bonchev–Trinajstić information content (AvgIpc) is 2.04. The van der Waals surface area contributed by atoms with Gasteiger partial charge in [0.1, 0.15) is 0 Å². The average molecular weight is 151 g/mol. The molecule has 1 rings (SSSR count). The second-order valence-corrected chi connectivity index (χ2v) is 3.19. The summed E-state index contributed by atoms with van der Waals surface area (Å²) in [4.78, 5) is 2.35. The summed E-state index contributed by atoms with van der Waals surface area (Å²) in [6.45, 7) is 7.24. The summed E-state index contributed by atoms with van der Waals surface area (Å²) in [6.07, 6.45) is 3.07. The molecular weight excluding hydrogens is 136 g/mol. The van der Waals surface area contributed by atoms with Gasteiger partial charge in [-0.15, -0.1) is 0 Å². The molecule has 0 amide bonds. The van der Waals surface area contributed by atoms with Gasteiger partial charge < -0.3 is 4.90 Å². The SMILES string of the molecule is [CH2]C1CCN(CCC#N)CC1. The van der Waals surface area contributed by atoms with Crippen LogP contribution in [0.15, 0.2) is 0 Å². The highest BCUT2D eigenvalue weighted by Crippen LogP contribution is 2.15. The number of likely N-dealkylation sites (tertiary alicyclic amines) is 1. The van der Waals surface area contributed by atoms with E-state index < -0.39 is 0 Å². The van der Waals surface area contributed by atoms with Crippen molar-refractivity contribution in [2.45, 2.75) is 19.3 Å². The zero-order chi connectivity index (χ0) is 8.10. The molecule has 1 aliphatic heterocycles. The van der Waals surface area contributed by atoms with E-state index in [0.717, 1.165) is 19.6 Å². The van der Waals surface area contributed by atoms with E-state index in [9.17, 15) is 0 Å². The first-order valence-electron chi connectivity index (χ1n) is 4.25. The monoisotopic (exact) mass is 151 g/mol. The molecule has 1 radical (unpaired) electrons. The Bertz CT molecular complexity index is 140. The predicted octanol–water partition coefficient (Wildman–Crippen LogP) is 1.45. The highest BCUT2D eigenvalue weighted by molar-refractivity contribution is 4.77. The van der Waals surface area contributed by atoms with Crippen molar-refractivity contribution in [1.29, 1.82) is 5.26 Å². The molecule has 0 N–H and O–H groups in total. The van der Waals surface area contributed by atoms with Gasteiger partial charge in [0, 0.05) is 13.0 Å². The molecule has 11 heavy (non-hydrogen) atoms. The third-order valence-corrected chi connectivity index (χ3v) is 2.25. The molecule has 2 nitrogen and oxygen atoms in total. The molecule has 2 heteroatoms. The summed E-state index contributed by atoms with van der Waals surface area (Å²) in [6, 6.07) is 2.17. The van der Waals surface area contributed by atoms with Gasteiger partial charge in [-0.05, 0) is 31.8 Å². The normalized spacial score (nSPS) is 21.5. The number of nitrogens with zero attached hydrogens (tertiary/aromatic N) is 2. The molecule has 0 aromatic carbocycles. The van der Waals surface area contributed by atoms with E-state index >= 15 is 0 Å². The first-order valence-corrected chi connectivity index (χ1v) is 4.25. The van der Waals surface area contributed by atoms with Gasteiger partial charge >= 0.3 is 0 Å². The van der Waals surface area contributed by atoms with Crippen LogP contribution in [0.4, 0.5) is 0 Å². The Morgan fingerprint density at radius 2 is 2.09 bits per heavy atom. The summed E-state index contributed by atoms with van der Waals surface area (Å²) in [5.74, 6) is 0.647. The number of piperidine rings is 1. The Morgan fingerprint density at radius 3 is 2.64 bits per heavy atom. The lowest BCUT2D eigenvalue weighted by Crippen LogP contribution is -2.33. The molecule has 0 aliphatic carbocycles. The second-order valence-electron chi connectivity index (χ2n) is 3.19. The van der Waals surface area contributed by atoms with Crippen LogP contribution in [-0.4, -0.2) is 24.5 Å². The quantitative estimate of drug-likeness (QED) is 0.597. The third kappa shape index (κ3) is 2.90. The van der Waals surface area contributed by atoms with Gasteiger partial charge in [0.2, 0.25) is 0 Å². The fraction of sp³-hybridized carbons (Fsp3) is 0.778. The zero-order valence-corrected chi connectivity index (χ0v) is 6.92. The summed E-state index contributed by atoms with van der Waals surface area (Å²) < 4.78 is 0. The van der Waals surface area contributed by atoms with Gasteiger partial charge in [0.25, 0.3) is 0 Å². The molecule has 0 aromatic heterocycles. The Morgan fingerprint density at radius 1 is 1.45 bits per heavy atom. The lowest BCUT2D eigenvalue weighted by atomic mass is 9.99.